The van der Waals surface area contributed by atoms with Crippen LogP contribution in [0.1, 0.15) is 20.3 Å². The molecular weight excluding hydrogens is 192 g/mol. The lowest BCUT2D eigenvalue weighted by Gasteiger charge is -2.15. The van der Waals surface area contributed by atoms with E-state index in [2.05, 4.69) is 16.2 Å². The minimum atomic E-state index is 0.368. The van der Waals surface area contributed by atoms with E-state index in [1.807, 2.05) is 18.7 Å². The highest BCUT2D eigenvalue weighted by Crippen LogP contribution is 2.10. The molecule has 6 heteroatoms. The fraction of sp³-hybridized carbons (Fsp3) is 0.667. The molecule has 6 nitrogen and oxygen atoms in total. The quantitative estimate of drug-likeness (QED) is 0.766. The average molecular weight is 208 g/mol. The van der Waals surface area contributed by atoms with Crippen LogP contribution < -0.4 is 10.6 Å². The van der Waals surface area contributed by atoms with Crippen LogP contribution in [-0.2, 0) is 6.54 Å². The Morgan fingerprint density at radius 2 is 2.13 bits per heavy atom. The summed E-state index contributed by atoms with van der Waals surface area (Å²) in [4.78, 5) is 6.16. The van der Waals surface area contributed by atoms with Crippen molar-refractivity contribution in [2.75, 3.05) is 23.7 Å². The predicted octanol–water partition coefficient (Wildman–Crippen LogP) is 0.620. The van der Waals surface area contributed by atoms with Crippen LogP contribution in [0, 0.1) is 11.3 Å². The lowest BCUT2D eigenvalue weighted by atomic mass is 10.5. The van der Waals surface area contributed by atoms with Gasteiger partial charge in [0.2, 0.25) is 11.9 Å². The van der Waals surface area contributed by atoms with Gasteiger partial charge < -0.3 is 10.6 Å². The van der Waals surface area contributed by atoms with Crippen molar-refractivity contribution in [2.45, 2.75) is 26.8 Å². The van der Waals surface area contributed by atoms with Gasteiger partial charge in [0.05, 0.1) is 19.0 Å². The van der Waals surface area contributed by atoms with E-state index in [0.29, 0.717) is 24.9 Å². The summed E-state index contributed by atoms with van der Waals surface area (Å²) in [6.07, 6.45) is 0.394. The van der Waals surface area contributed by atoms with E-state index in [1.54, 1.807) is 4.68 Å². The van der Waals surface area contributed by atoms with Gasteiger partial charge in [0.15, 0.2) is 0 Å². The Labute approximate surface area is 89.3 Å². The molecule has 0 saturated carbocycles. The van der Waals surface area contributed by atoms with Crippen LogP contribution in [0.15, 0.2) is 0 Å². The molecule has 0 unspecified atom stereocenters. The molecule has 1 aromatic rings. The molecule has 1 rings (SSSR count). The molecule has 2 N–H and O–H groups in total. The molecule has 0 bridgehead atoms. The highest BCUT2D eigenvalue weighted by atomic mass is 15.4. The SMILES string of the molecule is CCN(CC)c1nc(N)n(CCC#N)n1. The Kier molecular flexibility index (Phi) is 3.92. The summed E-state index contributed by atoms with van der Waals surface area (Å²) in [5.41, 5.74) is 5.68. The van der Waals surface area contributed by atoms with Gasteiger partial charge in [-0.2, -0.15) is 10.2 Å². The van der Waals surface area contributed by atoms with Crippen molar-refractivity contribution in [1.82, 2.24) is 14.8 Å². The number of hydrogen-bond acceptors (Lipinski definition) is 5. The standard InChI is InChI=1S/C9H16N6/c1-3-14(4-2)9-12-8(11)15(13-9)7-5-6-10/h3-5,7H2,1-2H3,(H2,11,12,13). The van der Waals surface area contributed by atoms with Gasteiger partial charge in [-0.05, 0) is 13.8 Å². The van der Waals surface area contributed by atoms with Crippen LogP contribution in [0.4, 0.5) is 11.9 Å². The summed E-state index contributed by atoms with van der Waals surface area (Å²) < 4.78 is 1.57. The lowest BCUT2D eigenvalue weighted by molar-refractivity contribution is 0.631. The van der Waals surface area contributed by atoms with Crippen molar-refractivity contribution >= 4 is 11.9 Å². The van der Waals surface area contributed by atoms with Crippen molar-refractivity contribution in [3.8, 4) is 6.07 Å². The summed E-state index contributed by atoms with van der Waals surface area (Å²) in [5.74, 6) is 1.00. The van der Waals surface area contributed by atoms with E-state index < -0.39 is 0 Å². The van der Waals surface area contributed by atoms with Crippen LogP contribution in [-0.4, -0.2) is 27.9 Å². The van der Waals surface area contributed by atoms with Gasteiger partial charge in [-0.15, -0.1) is 5.10 Å². The molecule has 0 radical (unpaired) electrons. The molecule has 1 heterocycles. The van der Waals surface area contributed by atoms with Gasteiger partial charge in [0.25, 0.3) is 0 Å². The molecule has 82 valence electrons. The zero-order valence-electron chi connectivity index (χ0n) is 9.14. The predicted molar refractivity (Wildman–Crippen MR) is 58.2 cm³/mol. The summed E-state index contributed by atoms with van der Waals surface area (Å²) in [7, 11) is 0. The van der Waals surface area contributed by atoms with Gasteiger partial charge >= 0.3 is 0 Å². The van der Waals surface area contributed by atoms with Crippen LogP contribution in [0.3, 0.4) is 0 Å². The third kappa shape index (κ3) is 2.59. The number of anilines is 2. The maximum absolute atomic E-state index is 8.46. The second-order valence-corrected chi connectivity index (χ2v) is 3.07. The van der Waals surface area contributed by atoms with Crippen molar-refractivity contribution in [3.63, 3.8) is 0 Å². The molecular formula is C9H16N6. The molecule has 0 saturated heterocycles. The van der Waals surface area contributed by atoms with E-state index in [4.69, 9.17) is 11.0 Å². The van der Waals surface area contributed by atoms with Crippen LogP contribution in [0.25, 0.3) is 0 Å². The highest BCUT2D eigenvalue weighted by molar-refractivity contribution is 5.34. The van der Waals surface area contributed by atoms with Crippen molar-refractivity contribution in [2.24, 2.45) is 0 Å². The number of nitrogens with two attached hydrogens (primary N) is 1. The molecule has 0 spiro atoms. The number of nitrogen functional groups attached to an aromatic ring is 1. The fourth-order valence-corrected chi connectivity index (χ4v) is 1.30. The summed E-state index contributed by atoms with van der Waals surface area (Å²) >= 11 is 0. The zero-order valence-corrected chi connectivity index (χ0v) is 9.14. The first-order chi connectivity index (χ1) is 7.22. The molecule has 0 aliphatic rings. The number of nitriles is 1. The monoisotopic (exact) mass is 208 g/mol. The lowest BCUT2D eigenvalue weighted by Crippen LogP contribution is -2.23. The summed E-state index contributed by atoms with van der Waals surface area (Å²) in [6, 6.07) is 2.05. The topological polar surface area (TPSA) is 83.8 Å². The number of rotatable bonds is 5. The van der Waals surface area contributed by atoms with Crippen LogP contribution >= 0.6 is 0 Å². The average Bonchev–Trinajstić information content (AvgIpc) is 2.59. The first-order valence-corrected chi connectivity index (χ1v) is 5.05. The largest absolute Gasteiger partial charge is 0.368 e. The van der Waals surface area contributed by atoms with E-state index in [1.165, 1.54) is 0 Å². The zero-order chi connectivity index (χ0) is 11.3. The first kappa shape index (κ1) is 11.3. The second-order valence-electron chi connectivity index (χ2n) is 3.07. The van der Waals surface area contributed by atoms with Crippen LogP contribution in [0.2, 0.25) is 0 Å². The molecule has 0 amide bonds. The molecule has 1 aromatic heterocycles. The van der Waals surface area contributed by atoms with Crippen LogP contribution in [0.5, 0.6) is 0 Å². The van der Waals surface area contributed by atoms with Gasteiger partial charge in [0.1, 0.15) is 0 Å². The Bertz CT molecular complexity index is 346. The third-order valence-electron chi connectivity index (χ3n) is 2.17. The van der Waals surface area contributed by atoms with E-state index >= 15 is 0 Å². The minimum Gasteiger partial charge on any atom is -0.368 e. The van der Waals surface area contributed by atoms with Gasteiger partial charge in [-0.1, -0.05) is 0 Å². The van der Waals surface area contributed by atoms with Crippen molar-refractivity contribution in [3.05, 3.63) is 0 Å². The molecule has 15 heavy (non-hydrogen) atoms. The van der Waals surface area contributed by atoms with Crippen molar-refractivity contribution < 1.29 is 0 Å². The number of aryl methyl sites for hydroxylation is 1. The molecule has 0 aliphatic carbocycles. The Morgan fingerprint density at radius 1 is 1.47 bits per heavy atom. The fourth-order valence-electron chi connectivity index (χ4n) is 1.30. The summed E-state index contributed by atoms with van der Waals surface area (Å²) in [5, 5.41) is 12.7. The summed E-state index contributed by atoms with van der Waals surface area (Å²) in [6.45, 7) is 6.26. The van der Waals surface area contributed by atoms with Crippen molar-refractivity contribution in [1.29, 1.82) is 5.26 Å². The Morgan fingerprint density at radius 3 is 2.67 bits per heavy atom. The maximum Gasteiger partial charge on any atom is 0.246 e. The minimum absolute atomic E-state index is 0.368. The highest BCUT2D eigenvalue weighted by Gasteiger charge is 2.10. The Hall–Kier alpha value is -1.77. The van der Waals surface area contributed by atoms with Gasteiger partial charge in [-0.3, -0.25) is 0 Å². The van der Waals surface area contributed by atoms with E-state index in [-0.39, 0.29) is 0 Å². The van der Waals surface area contributed by atoms with E-state index in [0.717, 1.165) is 13.1 Å². The number of aromatic nitrogens is 3. The first-order valence-electron chi connectivity index (χ1n) is 5.05. The molecule has 0 fully saturated rings. The normalized spacial score (nSPS) is 9.93. The third-order valence-corrected chi connectivity index (χ3v) is 2.17. The number of nitrogens with zero attached hydrogens (tertiary/aromatic N) is 5. The smallest absolute Gasteiger partial charge is 0.246 e. The van der Waals surface area contributed by atoms with Gasteiger partial charge in [0, 0.05) is 13.1 Å². The second kappa shape index (κ2) is 5.20. The molecule has 0 aromatic carbocycles. The van der Waals surface area contributed by atoms with Gasteiger partial charge in [-0.25, -0.2) is 4.68 Å². The molecule has 0 atom stereocenters. The number of hydrogen-bond donors (Lipinski definition) is 1. The maximum atomic E-state index is 8.46. The Balaban J connectivity index is 2.80. The van der Waals surface area contributed by atoms with E-state index in [9.17, 15) is 0 Å². The molecule has 0 aliphatic heterocycles.